The van der Waals surface area contributed by atoms with Crippen molar-refractivity contribution in [3.8, 4) is 11.3 Å². The fourth-order valence-electron chi connectivity index (χ4n) is 1.83. The molecule has 1 N–H and O–H groups in total. The third kappa shape index (κ3) is 4.11. The van der Waals surface area contributed by atoms with Crippen LogP contribution in [0.4, 0.5) is 13.2 Å². The van der Waals surface area contributed by atoms with Gasteiger partial charge < -0.3 is 9.73 Å². The zero-order valence-corrected chi connectivity index (χ0v) is 13.2. The standard InChI is InChI=1S/C15H15BrF3NO/c1-9(2)20-8-11-4-6-14(21-11)10-3-5-13(16)12(7-10)15(17,18)19/h3-7,9,20H,8H2,1-2H3. The summed E-state index contributed by atoms with van der Waals surface area (Å²) in [5, 5.41) is 3.19. The van der Waals surface area contributed by atoms with Gasteiger partial charge in [-0.2, -0.15) is 13.2 Å². The molecule has 0 spiro atoms. The van der Waals surface area contributed by atoms with Crippen LogP contribution in [0.2, 0.25) is 0 Å². The van der Waals surface area contributed by atoms with Crippen molar-refractivity contribution in [1.29, 1.82) is 0 Å². The van der Waals surface area contributed by atoms with Crippen molar-refractivity contribution in [3.63, 3.8) is 0 Å². The Morgan fingerprint density at radius 2 is 1.90 bits per heavy atom. The average Bonchev–Trinajstić information content (AvgIpc) is 2.84. The number of halogens is 4. The fraction of sp³-hybridized carbons (Fsp3) is 0.333. The second kappa shape index (κ2) is 6.23. The highest BCUT2D eigenvalue weighted by atomic mass is 79.9. The van der Waals surface area contributed by atoms with Gasteiger partial charge in [-0.05, 0) is 24.3 Å². The maximum absolute atomic E-state index is 12.9. The highest BCUT2D eigenvalue weighted by Crippen LogP contribution is 2.37. The molecule has 0 radical (unpaired) electrons. The maximum Gasteiger partial charge on any atom is 0.417 e. The second-order valence-electron chi connectivity index (χ2n) is 4.99. The van der Waals surface area contributed by atoms with E-state index in [4.69, 9.17) is 4.42 Å². The van der Waals surface area contributed by atoms with E-state index < -0.39 is 11.7 Å². The van der Waals surface area contributed by atoms with E-state index in [-0.39, 0.29) is 4.47 Å². The third-order valence-corrected chi connectivity index (χ3v) is 3.59. The normalized spacial score (nSPS) is 12.1. The number of hydrogen-bond acceptors (Lipinski definition) is 2. The molecule has 0 unspecified atom stereocenters. The molecule has 0 saturated carbocycles. The van der Waals surface area contributed by atoms with E-state index >= 15 is 0 Å². The lowest BCUT2D eigenvalue weighted by Gasteiger charge is -2.10. The van der Waals surface area contributed by atoms with Crippen LogP contribution in [0.1, 0.15) is 25.2 Å². The van der Waals surface area contributed by atoms with Crippen LogP contribution in [0.15, 0.2) is 39.2 Å². The molecule has 1 aromatic carbocycles. The monoisotopic (exact) mass is 361 g/mol. The number of furan rings is 1. The zero-order chi connectivity index (χ0) is 15.6. The number of benzene rings is 1. The van der Waals surface area contributed by atoms with E-state index in [0.717, 1.165) is 6.07 Å². The molecule has 1 aromatic heterocycles. The van der Waals surface area contributed by atoms with Crippen LogP contribution in [-0.4, -0.2) is 6.04 Å². The quantitative estimate of drug-likeness (QED) is 0.806. The summed E-state index contributed by atoms with van der Waals surface area (Å²) in [5.74, 6) is 1.11. The van der Waals surface area contributed by atoms with Crippen molar-refractivity contribution in [1.82, 2.24) is 5.32 Å². The van der Waals surface area contributed by atoms with Gasteiger partial charge in [0.15, 0.2) is 0 Å². The van der Waals surface area contributed by atoms with Crippen LogP contribution < -0.4 is 5.32 Å². The van der Waals surface area contributed by atoms with Crippen molar-refractivity contribution < 1.29 is 17.6 Å². The first-order chi connectivity index (χ1) is 9.77. The van der Waals surface area contributed by atoms with Gasteiger partial charge in [-0.3, -0.25) is 0 Å². The first-order valence-electron chi connectivity index (χ1n) is 6.46. The molecule has 21 heavy (non-hydrogen) atoms. The summed E-state index contributed by atoms with van der Waals surface area (Å²) >= 11 is 2.92. The van der Waals surface area contributed by atoms with Crippen LogP contribution >= 0.6 is 15.9 Å². The summed E-state index contributed by atoms with van der Waals surface area (Å²) in [6.07, 6.45) is -4.40. The van der Waals surface area contributed by atoms with Gasteiger partial charge in [-0.1, -0.05) is 35.8 Å². The van der Waals surface area contributed by atoms with E-state index in [0.29, 0.717) is 29.7 Å². The predicted octanol–water partition coefficient (Wildman–Crippen LogP) is 5.23. The molecular formula is C15H15BrF3NO. The van der Waals surface area contributed by atoms with Gasteiger partial charge in [-0.15, -0.1) is 0 Å². The van der Waals surface area contributed by atoms with E-state index in [1.165, 1.54) is 6.07 Å². The zero-order valence-electron chi connectivity index (χ0n) is 11.6. The van der Waals surface area contributed by atoms with Gasteiger partial charge in [0.25, 0.3) is 0 Å². The lowest BCUT2D eigenvalue weighted by molar-refractivity contribution is -0.138. The van der Waals surface area contributed by atoms with Gasteiger partial charge in [0, 0.05) is 16.1 Å². The summed E-state index contributed by atoms with van der Waals surface area (Å²) in [5.41, 5.74) is -0.306. The highest BCUT2D eigenvalue weighted by molar-refractivity contribution is 9.10. The number of nitrogens with one attached hydrogen (secondary N) is 1. The summed E-state index contributed by atoms with van der Waals surface area (Å²) in [7, 11) is 0. The molecule has 0 saturated heterocycles. The largest absolute Gasteiger partial charge is 0.460 e. The molecule has 2 rings (SSSR count). The Kier molecular flexibility index (Phi) is 4.78. The van der Waals surface area contributed by atoms with E-state index in [2.05, 4.69) is 21.2 Å². The van der Waals surface area contributed by atoms with Crippen molar-refractivity contribution in [2.75, 3.05) is 0 Å². The van der Waals surface area contributed by atoms with E-state index in [1.54, 1.807) is 18.2 Å². The van der Waals surface area contributed by atoms with Gasteiger partial charge in [-0.25, -0.2) is 0 Å². The number of alkyl halides is 3. The fourth-order valence-corrected chi connectivity index (χ4v) is 2.30. The minimum Gasteiger partial charge on any atom is -0.460 e. The molecule has 0 aliphatic carbocycles. The smallest absolute Gasteiger partial charge is 0.417 e. The molecule has 0 aliphatic heterocycles. The van der Waals surface area contributed by atoms with Gasteiger partial charge in [0.2, 0.25) is 0 Å². The minimum absolute atomic E-state index is 0.0204. The third-order valence-electron chi connectivity index (χ3n) is 2.90. The molecule has 0 atom stereocenters. The molecule has 2 aromatic rings. The summed E-state index contributed by atoms with van der Waals surface area (Å²) in [6.45, 7) is 4.56. The molecule has 2 nitrogen and oxygen atoms in total. The SMILES string of the molecule is CC(C)NCc1ccc(-c2ccc(Br)c(C(F)(F)F)c2)o1. The Balaban J connectivity index is 2.26. The molecule has 0 bridgehead atoms. The molecule has 114 valence electrons. The summed E-state index contributed by atoms with van der Waals surface area (Å²) < 4.78 is 44.3. The van der Waals surface area contributed by atoms with Crippen molar-refractivity contribution in [2.24, 2.45) is 0 Å². The Morgan fingerprint density at radius 3 is 2.52 bits per heavy atom. The van der Waals surface area contributed by atoms with Crippen LogP contribution in [-0.2, 0) is 12.7 Å². The number of hydrogen-bond donors (Lipinski definition) is 1. The topological polar surface area (TPSA) is 25.2 Å². The van der Waals surface area contributed by atoms with Gasteiger partial charge >= 0.3 is 6.18 Å². The predicted molar refractivity (Wildman–Crippen MR) is 78.8 cm³/mol. The van der Waals surface area contributed by atoms with Crippen molar-refractivity contribution in [3.05, 3.63) is 46.1 Å². The highest BCUT2D eigenvalue weighted by Gasteiger charge is 2.33. The van der Waals surface area contributed by atoms with Crippen LogP contribution in [0.25, 0.3) is 11.3 Å². The Labute approximate surface area is 129 Å². The molecule has 6 heteroatoms. The molecule has 0 aliphatic rings. The lowest BCUT2D eigenvalue weighted by Crippen LogP contribution is -2.21. The Hall–Kier alpha value is -1.27. The van der Waals surface area contributed by atoms with E-state index in [1.807, 2.05) is 13.8 Å². The summed E-state index contributed by atoms with van der Waals surface area (Å²) in [4.78, 5) is 0. The van der Waals surface area contributed by atoms with Gasteiger partial charge in [0.05, 0.1) is 12.1 Å². The average molecular weight is 362 g/mol. The van der Waals surface area contributed by atoms with Crippen LogP contribution in [0.5, 0.6) is 0 Å². The first kappa shape index (κ1) is 16.1. The van der Waals surface area contributed by atoms with E-state index in [9.17, 15) is 13.2 Å². The summed E-state index contributed by atoms with van der Waals surface area (Å²) in [6, 6.07) is 7.82. The van der Waals surface area contributed by atoms with Crippen molar-refractivity contribution >= 4 is 15.9 Å². The Bertz CT molecular complexity index is 620. The minimum atomic E-state index is -4.40. The van der Waals surface area contributed by atoms with Crippen molar-refractivity contribution in [2.45, 2.75) is 32.6 Å². The van der Waals surface area contributed by atoms with Crippen LogP contribution in [0.3, 0.4) is 0 Å². The van der Waals surface area contributed by atoms with Gasteiger partial charge in [0.1, 0.15) is 11.5 Å². The van der Waals surface area contributed by atoms with Crippen LogP contribution in [0, 0.1) is 0 Å². The molecule has 1 heterocycles. The number of rotatable bonds is 4. The Morgan fingerprint density at radius 1 is 1.19 bits per heavy atom. The molecule has 0 fully saturated rings. The maximum atomic E-state index is 12.9. The molecular weight excluding hydrogens is 347 g/mol. The second-order valence-corrected chi connectivity index (χ2v) is 5.85. The lowest BCUT2D eigenvalue weighted by atomic mass is 10.1. The first-order valence-corrected chi connectivity index (χ1v) is 7.26. The molecule has 0 amide bonds.